The molecular formula is C16H18F2N4O3S. The van der Waals surface area contributed by atoms with E-state index in [4.69, 9.17) is 4.74 Å². The van der Waals surface area contributed by atoms with E-state index in [1.165, 1.54) is 0 Å². The molecule has 1 aromatic heterocycles. The zero-order valence-corrected chi connectivity index (χ0v) is 14.9. The molecule has 0 spiro atoms. The lowest BCUT2D eigenvalue weighted by Gasteiger charge is -2.28. The van der Waals surface area contributed by atoms with Crippen LogP contribution in [0.4, 0.5) is 14.6 Å². The van der Waals surface area contributed by atoms with Gasteiger partial charge in [-0.15, -0.1) is 0 Å². The van der Waals surface area contributed by atoms with E-state index in [1.807, 2.05) is 4.90 Å². The number of nitrogens with one attached hydrogen (secondary N) is 1. The van der Waals surface area contributed by atoms with E-state index in [-0.39, 0.29) is 12.4 Å². The van der Waals surface area contributed by atoms with Crippen molar-refractivity contribution >= 4 is 15.8 Å². The summed E-state index contributed by atoms with van der Waals surface area (Å²) in [4.78, 5) is 9.83. The van der Waals surface area contributed by atoms with Crippen molar-refractivity contribution in [1.82, 2.24) is 14.7 Å². The Hall–Kier alpha value is -2.17. The predicted molar refractivity (Wildman–Crippen MR) is 90.2 cm³/mol. The highest BCUT2D eigenvalue weighted by Gasteiger charge is 2.21. The zero-order valence-electron chi connectivity index (χ0n) is 14.1. The van der Waals surface area contributed by atoms with Crippen LogP contribution in [0.1, 0.15) is 11.5 Å². The molecule has 1 fully saturated rings. The van der Waals surface area contributed by atoms with Gasteiger partial charge in [-0.2, -0.15) is 0 Å². The number of nitrogens with zero attached hydrogens (tertiary/aromatic N) is 3. The van der Waals surface area contributed by atoms with Gasteiger partial charge in [0.2, 0.25) is 10.0 Å². The van der Waals surface area contributed by atoms with Crippen LogP contribution in [0.5, 0.6) is 0 Å². The minimum absolute atomic E-state index is 0.239. The minimum atomic E-state index is -4.24. The average Bonchev–Trinajstić information content (AvgIpc) is 2.62. The molecule has 1 saturated heterocycles. The number of ether oxygens (including phenoxy) is 1. The van der Waals surface area contributed by atoms with Gasteiger partial charge in [0, 0.05) is 24.8 Å². The normalized spacial score (nSPS) is 15.3. The Morgan fingerprint density at radius 3 is 2.65 bits per heavy atom. The highest BCUT2D eigenvalue weighted by atomic mass is 32.2. The molecule has 7 nitrogen and oxygen atoms in total. The number of morpholine rings is 1. The highest BCUT2D eigenvalue weighted by Crippen LogP contribution is 2.17. The van der Waals surface area contributed by atoms with Crippen LogP contribution in [0.15, 0.2) is 29.2 Å². The summed E-state index contributed by atoms with van der Waals surface area (Å²) in [6.45, 7) is 4.06. The van der Waals surface area contributed by atoms with E-state index >= 15 is 0 Å². The molecule has 0 atom stereocenters. The second kappa shape index (κ2) is 7.60. The number of hydrogen-bond acceptors (Lipinski definition) is 6. The van der Waals surface area contributed by atoms with Gasteiger partial charge in [-0.05, 0) is 25.1 Å². The van der Waals surface area contributed by atoms with Crippen molar-refractivity contribution < 1.29 is 21.9 Å². The van der Waals surface area contributed by atoms with E-state index in [9.17, 15) is 17.2 Å². The van der Waals surface area contributed by atoms with E-state index in [0.717, 1.165) is 12.1 Å². The summed E-state index contributed by atoms with van der Waals surface area (Å²) in [5.41, 5.74) is 0.674. The monoisotopic (exact) mass is 384 g/mol. The molecule has 3 rings (SSSR count). The van der Waals surface area contributed by atoms with Crippen molar-refractivity contribution in [3.8, 4) is 0 Å². The summed E-state index contributed by atoms with van der Waals surface area (Å²) in [5, 5.41) is 0. The lowest BCUT2D eigenvalue weighted by atomic mass is 10.3. The third-order valence-electron chi connectivity index (χ3n) is 3.83. The zero-order chi connectivity index (χ0) is 18.7. The van der Waals surface area contributed by atoms with Crippen molar-refractivity contribution in [1.29, 1.82) is 0 Å². The second-order valence-electron chi connectivity index (χ2n) is 5.78. The van der Waals surface area contributed by atoms with Gasteiger partial charge in [0.25, 0.3) is 0 Å². The SMILES string of the molecule is Cc1cc(N2CCOCC2)nc(CNS(=O)(=O)c2cc(F)ccc2F)n1. The summed E-state index contributed by atoms with van der Waals surface area (Å²) in [6, 6.07) is 4.06. The number of sulfonamides is 1. The first-order valence-corrected chi connectivity index (χ1v) is 9.45. The molecule has 2 heterocycles. The smallest absolute Gasteiger partial charge is 0.243 e. The number of aromatic nitrogens is 2. The van der Waals surface area contributed by atoms with Crippen LogP contribution in [0.2, 0.25) is 0 Å². The number of rotatable bonds is 5. The molecule has 0 aliphatic carbocycles. The molecule has 1 aliphatic heterocycles. The van der Waals surface area contributed by atoms with Gasteiger partial charge in [-0.25, -0.2) is 31.9 Å². The van der Waals surface area contributed by atoms with E-state index in [2.05, 4.69) is 14.7 Å². The maximum atomic E-state index is 13.7. The lowest BCUT2D eigenvalue weighted by molar-refractivity contribution is 0.122. The van der Waals surface area contributed by atoms with Crippen LogP contribution in [-0.2, 0) is 21.3 Å². The van der Waals surface area contributed by atoms with Crippen LogP contribution in [-0.4, -0.2) is 44.7 Å². The largest absolute Gasteiger partial charge is 0.378 e. The minimum Gasteiger partial charge on any atom is -0.378 e. The fourth-order valence-electron chi connectivity index (χ4n) is 2.57. The summed E-state index contributed by atoms with van der Waals surface area (Å²) in [6.07, 6.45) is 0. The van der Waals surface area contributed by atoms with Gasteiger partial charge in [0.1, 0.15) is 28.2 Å². The van der Waals surface area contributed by atoms with Crippen molar-refractivity contribution in [2.45, 2.75) is 18.4 Å². The first-order chi connectivity index (χ1) is 12.3. The van der Waals surface area contributed by atoms with E-state index < -0.39 is 26.6 Å². The Morgan fingerprint density at radius 1 is 1.19 bits per heavy atom. The first kappa shape index (κ1) is 18.6. The number of benzene rings is 1. The van der Waals surface area contributed by atoms with Crippen LogP contribution in [0, 0.1) is 18.6 Å². The van der Waals surface area contributed by atoms with E-state index in [0.29, 0.717) is 43.9 Å². The van der Waals surface area contributed by atoms with Gasteiger partial charge in [-0.1, -0.05) is 0 Å². The lowest BCUT2D eigenvalue weighted by Crippen LogP contribution is -2.37. The molecule has 1 aromatic carbocycles. The van der Waals surface area contributed by atoms with Gasteiger partial charge in [-0.3, -0.25) is 0 Å². The average molecular weight is 384 g/mol. The number of hydrogen-bond donors (Lipinski definition) is 1. The van der Waals surface area contributed by atoms with Gasteiger partial charge >= 0.3 is 0 Å². The third-order valence-corrected chi connectivity index (χ3v) is 5.24. The molecule has 10 heteroatoms. The summed E-state index contributed by atoms with van der Waals surface area (Å²) < 4.78 is 59.0. The molecule has 0 saturated carbocycles. The number of anilines is 1. The van der Waals surface area contributed by atoms with Crippen LogP contribution < -0.4 is 9.62 Å². The maximum Gasteiger partial charge on any atom is 0.243 e. The summed E-state index contributed by atoms with van der Waals surface area (Å²) in [7, 11) is -4.24. The van der Waals surface area contributed by atoms with Crippen LogP contribution >= 0.6 is 0 Å². The van der Waals surface area contributed by atoms with Gasteiger partial charge < -0.3 is 9.64 Å². The summed E-state index contributed by atoms with van der Waals surface area (Å²) >= 11 is 0. The maximum absolute atomic E-state index is 13.7. The molecular weight excluding hydrogens is 366 g/mol. The Labute approximate surface area is 150 Å². The third kappa shape index (κ3) is 4.32. The Balaban J connectivity index is 1.78. The fourth-order valence-corrected chi connectivity index (χ4v) is 3.63. The number of halogens is 2. The van der Waals surface area contributed by atoms with Crippen LogP contribution in [0.3, 0.4) is 0 Å². The Morgan fingerprint density at radius 2 is 1.92 bits per heavy atom. The summed E-state index contributed by atoms with van der Waals surface area (Å²) in [5.74, 6) is -0.954. The molecule has 0 radical (unpaired) electrons. The topological polar surface area (TPSA) is 84.4 Å². The van der Waals surface area contributed by atoms with Crippen molar-refractivity contribution in [2.24, 2.45) is 0 Å². The van der Waals surface area contributed by atoms with Gasteiger partial charge in [0.05, 0.1) is 19.8 Å². The number of aryl methyl sites for hydroxylation is 1. The molecule has 1 aliphatic rings. The Bertz CT molecular complexity index is 902. The van der Waals surface area contributed by atoms with Gasteiger partial charge in [0.15, 0.2) is 0 Å². The van der Waals surface area contributed by atoms with Crippen molar-refractivity contribution in [3.63, 3.8) is 0 Å². The van der Waals surface area contributed by atoms with E-state index in [1.54, 1.807) is 13.0 Å². The molecule has 0 unspecified atom stereocenters. The quantitative estimate of drug-likeness (QED) is 0.839. The standard InChI is InChI=1S/C16H18F2N4O3S/c1-11-8-16(22-4-6-25-7-5-22)21-15(20-11)10-19-26(23,24)14-9-12(17)2-3-13(14)18/h2-3,8-9,19H,4-7,10H2,1H3. The Kier molecular flexibility index (Phi) is 5.44. The van der Waals surface area contributed by atoms with Crippen molar-refractivity contribution in [3.05, 3.63) is 47.4 Å². The molecule has 0 bridgehead atoms. The predicted octanol–water partition coefficient (Wildman–Crippen LogP) is 1.38. The molecule has 0 amide bonds. The second-order valence-corrected chi connectivity index (χ2v) is 7.52. The van der Waals surface area contributed by atoms with Crippen molar-refractivity contribution in [2.75, 3.05) is 31.2 Å². The first-order valence-electron chi connectivity index (χ1n) is 7.97. The molecule has 26 heavy (non-hydrogen) atoms. The molecule has 1 N–H and O–H groups in total. The fraction of sp³-hybridized carbons (Fsp3) is 0.375. The molecule has 2 aromatic rings. The van der Waals surface area contributed by atoms with Crippen LogP contribution in [0.25, 0.3) is 0 Å². The molecule has 140 valence electrons. The highest BCUT2D eigenvalue weighted by molar-refractivity contribution is 7.89.